The summed E-state index contributed by atoms with van der Waals surface area (Å²) in [6.07, 6.45) is -1.96. The van der Waals surface area contributed by atoms with Crippen LogP contribution >= 0.6 is 0 Å². The molecule has 0 aliphatic carbocycles. The Kier molecular flexibility index (Phi) is 6.89. The van der Waals surface area contributed by atoms with Crippen molar-refractivity contribution in [2.75, 3.05) is 0 Å². The van der Waals surface area contributed by atoms with Gasteiger partial charge in [0.2, 0.25) is 11.9 Å². The van der Waals surface area contributed by atoms with Gasteiger partial charge in [0.25, 0.3) is 0 Å². The zero-order chi connectivity index (χ0) is 16.0. The van der Waals surface area contributed by atoms with E-state index in [0.717, 1.165) is 0 Å². The highest BCUT2D eigenvalue weighted by molar-refractivity contribution is 6.33. The smallest absolute Gasteiger partial charge is 0.375 e. The van der Waals surface area contributed by atoms with Crippen molar-refractivity contribution in [3.05, 3.63) is 0 Å². The normalized spacial score (nSPS) is 13.9. The summed E-state index contributed by atoms with van der Waals surface area (Å²) in [6.45, 7) is 6.43. The van der Waals surface area contributed by atoms with Crippen LogP contribution in [0.25, 0.3) is 0 Å². The van der Waals surface area contributed by atoms with Crippen LogP contribution in [-0.4, -0.2) is 40.0 Å². The third-order valence-electron chi connectivity index (χ3n) is 2.63. The maximum atomic E-state index is 11.5. The average Bonchev–Trinajstić information content (AvgIpc) is 2.25. The summed E-state index contributed by atoms with van der Waals surface area (Å²) in [5, 5.41) is 18.0. The van der Waals surface area contributed by atoms with Gasteiger partial charge in [-0.1, -0.05) is 27.7 Å². The molecule has 0 aromatic carbocycles. The first-order valence-corrected chi connectivity index (χ1v) is 6.27. The Morgan fingerprint density at radius 2 is 1.45 bits per heavy atom. The minimum atomic E-state index is -1.88. The number of carboxylic acid groups (broad SMARTS) is 2. The van der Waals surface area contributed by atoms with E-state index < -0.39 is 41.6 Å². The number of carboxylic acids is 2. The molecular formula is C13H20O7. The van der Waals surface area contributed by atoms with Gasteiger partial charge in [-0.15, -0.1) is 0 Å². The van der Waals surface area contributed by atoms with Gasteiger partial charge in [0.15, 0.2) is 0 Å². The number of rotatable bonds is 8. The van der Waals surface area contributed by atoms with Crippen molar-refractivity contribution in [1.82, 2.24) is 0 Å². The molecule has 0 heterocycles. The van der Waals surface area contributed by atoms with Crippen molar-refractivity contribution in [1.29, 1.82) is 0 Å². The van der Waals surface area contributed by atoms with Crippen LogP contribution in [0, 0.1) is 17.8 Å². The van der Waals surface area contributed by atoms with Crippen LogP contribution in [0.2, 0.25) is 0 Å². The maximum absolute atomic E-state index is 11.5. The van der Waals surface area contributed by atoms with Gasteiger partial charge in [-0.25, -0.2) is 9.59 Å². The highest BCUT2D eigenvalue weighted by Crippen LogP contribution is 2.19. The van der Waals surface area contributed by atoms with Crippen LogP contribution in [0.5, 0.6) is 0 Å². The fourth-order valence-corrected chi connectivity index (χ4v) is 1.68. The fourth-order valence-electron chi connectivity index (χ4n) is 1.68. The van der Waals surface area contributed by atoms with Gasteiger partial charge in [0.1, 0.15) is 5.92 Å². The van der Waals surface area contributed by atoms with E-state index in [4.69, 9.17) is 10.2 Å². The van der Waals surface area contributed by atoms with E-state index in [9.17, 15) is 19.2 Å². The Hall–Kier alpha value is -1.92. The van der Waals surface area contributed by atoms with Gasteiger partial charge in [-0.2, -0.15) is 0 Å². The fraction of sp³-hybridized carbons (Fsp3) is 0.692. The first kappa shape index (κ1) is 18.1. The van der Waals surface area contributed by atoms with Crippen molar-refractivity contribution in [2.45, 2.75) is 40.2 Å². The number of hydrogen-bond donors (Lipinski definition) is 2. The summed E-state index contributed by atoms with van der Waals surface area (Å²) in [7, 11) is 0. The molecule has 0 saturated heterocycles. The number of Topliss-reactive ketones (excluding diaryl/α,β-unsaturated/α-hetero) is 1. The second-order valence-corrected chi connectivity index (χ2v) is 5.29. The Labute approximate surface area is 116 Å². The molecule has 2 unspecified atom stereocenters. The van der Waals surface area contributed by atoms with Crippen molar-refractivity contribution in [2.24, 2.45) is 17.8 Å². The summed E-state index contributed by atoms with van der Waals surface area (Å²) in [6, 6.07) is 0. The standard InChI is InChI=1S/C13H20O7/c1-6(2)5-8(14)13(19)20-10(12(17)18)9(7(3)4)11(15)16/h6-7,9-10H,5H2,1-4H3,(H,15,16)(H,17,18). The Balaban J connectivity index is 5.04. The molecule has 2 atom stereocenters. The SMILES string of the molecule is CC(C)CC(=O)C(=O)OC(C(=O)O)C(C(=O)O)C(C)C. The predicted molar refractivity (Wildman–Crippen MR) is 67.9 cm³/mol. The lowest BCUT2D eigenvalue weighted by molar-refractivity contribution is -0.176. The minimum absolute atomic E-state index is 0.0788. The number of aliphatic carboxylic acids is 2. The van der Waals surface area contributed by atoms with Gasteiger partial charge in [-0.05, 0) is 11.8 Å². The van der Waals surface area contributed by atoms with Crippen molar-refractivity contribution < 1.29 is 34.1 Å². The van der Waals surface area contributed by atoms with Crippen LogP contribution in [0.1, 0.15) is 34.1 Å². The second kappa shape index (κ2) is 7.62. The zero-order valence-corrected chi connectivity index (χ0v) is 12.0. The number of ether oxygens (including phenoxy) is 1. The Morgan fingerprint density at radius 3 is 1.75 bits per heavy atom. The summed E-state index contributed by atoms with van der Waals surface area (Å²) in [5.74, 6) is -7.21. The molecule has 0 aromatic rings. The molecule has 0 aromatic heterocycles. The maximum Gasteiger partial charge on any atom is 0.375 e. The van der Waals surface area contributed by atoms with Gasteiger partial charge in [0.05, 0.1) is 0 Å². The van der Waals surface area contributed by atoms with E-state index >= 15 is 0 Å². The Morgan fingerprint density at radius 1 is 0.950 bits per heavy atom. The lowest BCUT2D eigenvalue weighted by Crippen LogP contribution is -2.42. The number of carbonyl (C=O) groups is 4. The minimum Gasteiger partial charge on any atom is -0.481 e. The molecule has 7 heteroatoms. The number of esters is 1. The van der Waals surface area contributed by atoms with E-state index in [1.54, 1.807) is 13.8 Å². The van der Waals surface area contributed by atoms with Gasteiger partial charge < -0.3 is 14.9 Å². The molecule has 0 amide bonds. The van der Waals surface area contributed by atoms with Crippen molar-refractivity contribution in [3.63, 3.8) is 0 Å². The molecule has 2 N–H and O–H groups in total. The molecule has 0 rings (SSSR count). The number of hydrogen-bond acceptors (Lipinski definition) is 5. The van der Waals surface area contributed by atoms with E-state index in [1.165, 1.54) is 13.8 Å². The van der Waals surface area contributed by atoms with E-state index in [1.807, 2.05) is 0 Å². The molecule has 114 valence electrons. The average molecular weight is 288 g/mol. The van der Waals surface area contributed by atoms with Crippen LogP contribution in [0.3, 0.4) is 0 Å². The van der Waals surface area contributed by atoms with Gasteiger partial charge in [-0.3, -0.25) is 9.59 Å². The zero-order valence-electron chi connectivity index (χ0n) is 12.0. The summed E-state index contributed by atoms with van der Waals surface area (Å²) >= 11 is 0. The van der Waals surface area contributed by atoms with E-state index in [0.29, 0.717) is 0 Å². The summed E-state index contributed by atoms with van der Waals surface area (Å²) < 4.78 is 4.59. The second-order valence-electron chi connectivity index (χ2n) is 5.29. The monoisotopic (exact) mass is 288 g/mol. The molecule has 7 nitrogen and oxygen atoms in total. The quantitative estimate of drug-likeness (QED) is 0.504. The first-order valence-electron chi connectivity index (χ1n) is 6.27. The summed E-state index contributed by atoms with van der Waals surface area (Å²) in [4.78, 5) is 45.1. The first-order chi connectivity index (χ1) is 9.07. The number of carbonyl (C=O) groups excluding carboxylic acids is 2. The highest BCUT2D eigenvalue weighted by Gasteiger charge is 2.40. The molecule has 0 saturated carbocycles. The largest absolute Gasteiger partial charge is 0.481 e. The lowest BCUT2D eigenvalue weighted by Gasteiger charge is -2.23. The van der Waals surface area contributed by atoms with Crippen LogP contribution < -0.4 is 0 Å². The third kappa shape index (κ3) is 5.38. The summed E-state index contributed by atoms with van der Waals surface area (Å²) in [5.41, 5.74) is 0. The predicted octanol–water partition coefficient (Wildman–Crippen LogP) is 0.955. The molecule has 0 aliphatic heterocycles. The molecule has 0 bridgehead atoms. The van der Waals surface area contributed by atoms with E-state index in [-0.39, 0.29) is 12.3 Å². The highest BCUT2D eigenvalue weighted by atomic mass is 16.6. The molecule has 0 radical (unpaired) electrons. The third-order valence-corrected chi connectivity index (χ3v) is 2.63. The van der Waals surface area contributed by atoms with Crippen LogP contribution in [0.4, 0.5) is 0 Å². The van der Waals surface area contributed by atoms with Crippen LogP contribution in [-0.2, 0) is 23.9 Å². The molecule has 0 fully saturated rings. The van der Waals surface area contributed by atoms with Crippen molar-refractivity contribution >= 4 is 23.7 Å². The topological polar surface area (TPSA) is 118 Å². The molecular weight excluding hydrogens is 268 g/mol. The van der Waals surface area contributed by atoms with E-state index in [2.05, 4.69) is 4.74 Å². The van der Waals surface area contributed by atoms with Gasteiger partial charge in [0, 0.05) is 6.42 Å². The molecule has 20 heavy (non-hydrogen) atoms. The lowest BCUT2D eigenvalue weighted by atomic mass is 9.90. The Bertz CT molecular complexity index is 398. The van der Waals surface area contributed by atoms with Gasteiger partial charge >= 0.3 is 17.9 Å². The van der Waals surface area contributed by atoms with Crippen molar-refractivity contribution in [3.8, 4) is 0 Å². The van der Waals surface area contributed by atoms with Crippen LogP contribution in [0.15, 0.2) is 0 Å². The number of ketones is 1. The molecule has 0 spiro atoms. The molecule has 0 aliphatic rings.